The highest BCUT2D eigenvalue weighted by Crippen LogP contribution is 2.39. The Hall–Kier alpha value is -3.71. The first kappa shape index (κ1) is 18.3. The Bertz CT molecular complexity index is 1320. The number of aryl methyl sites for hydroxylation is 1. The third kappa shape index (κ3) is 3.09. The topological polar surface area (TPSA) is 86.1 Å². The van der Waals surface area contributed by atoms with E-state index in [2.05, 4.69) is 21.2 Å². The zero-order valence-electron chi connectivity index (χ0n) is 16.7. The smallest absolute Gasteiger partial charge is 0.277 e. The third-order valence-electron chi connectivity index (χ3n) is 4.95. The second kappa shape index (κ2) is 7.61. The molecule has 0 atom stereocenters. The fourth-order valence-electron chi connectivity index (χ4n) is 3.59. The number of pyridine rings is 1. The maximum Gasteiger partial charge on any atom is 0.277 e. The number of ether oxygens (including phenoxy) is 2. The number of rotatable bonds is 6. The van der Waals surface area contributed by atoms with Crippen molar-refractivity contribution < 1.29 is 14.0 Å². The second-order valence-electron chi connectivity index (χ2n) is 6.88. The standard InChI is InChI=1S/C23H20N4O3/c1-3-18-25-23(30-27-18)20-16(13-28-2)19-15-11-7-8-12-17(15)24-21(19)22(26-20)29-14-9-5-4-6-10-14/h4-12,24H,3,13H2,1-2H3. The zero-order valence-corrected chi connectivity index (χ0v) is 16.7. The molecule has 7 nitrogen and oxygen atoms in total. The van der Waals surface area contributed by atoms with Gasteiger partial charge in [-0.2, -0.15) is 4.98 Å². The molecule has 1 N–H and O–H groups in total. The van der Waals surface area contributed by atoms with Crippen LogP contribution in [0.1, 0.15) is 18.3 Å². The summed E-state index contributed by atoms with van der Waals surface area (Å²) in [5.74, 6) is 2.11. The molecule has 5 aromatic rings. The Morgan fingerprint density at radius 1 is 1.00 bits per heavy atom. The minimum atomic E-state index is 0.343. The summed E-state index contributed by atoms with van der Waals surface area (Å²) in [5.41, 5.74) is 3.22. The largest absolute Gasteiger partial charge is 0.437 e. The number of fused-ring (bicyclic) bond motifs is 3. The molecular formula is C23H20N4O3. The maximum absolute atomic E-state index is 6.18. The first-order valence-corrected chi connectivity index (χ1v) is 9.76. The molecule has 0 fully saturated rings. The number of nitrogens with zero attached hydrogens (tertiary/aromatic N) is 3. The summed E-state index contributed by atoms with van der Waals surface area (Å²) < 4.78 is 17.2. The highest BCUT2D eigenvalue weighted by Gasteiger charge is 2.24. The number of benzene rings is 2. The summed E-state index contributed by atoms with van der Waals surface area (Å²) in [7, 11) is 1.66. The molecule has 0 aliphatic heterocycles. The predicted molar refractivity (Wildman–Crippen MR) is 113 cm³/mol. The molecule has 7 heteroatoms. The Morgan fingerprint density at radius 3 is 2.57 bits per heavy atom. The van der Waals surface area contributed by atoms with Gasteiger partial charge in [-0.1, -0.05) is 48.5 Å². The molecule has 0 saturated heterocycles. The van der Waals surface area contributed by atoms with Crippen molar-refractivity contribution in [2.45, 2.75) is 20.0 Å². The van der Waals surface area contributed by atoms with Crippen molar-refractivity contribution in [1.29, 1.82) is 0 Å². The Labute approximate surface area is 172 Å². The van der Waals surface area contributed by atoms with Crippen molar-refractivity contribution in [3.05, 3.63) is 66.0 Å². The van der Waals surface area contributed by atoms with E-state index in [1.165, 1.54) is 0 Å². The number of aromatic nitrogens is 4. The number of methoxy groups -OCH3 is 1. The fourth-order valence-corrected chi connectivity index (χ4v) is 3.59. The summed E-state index contributed by atoms with van der Waals surface area (Å²) in [6.45, 7) is 2.32. The van der Waals surface area contributed by atoms with E-state index in [4.69, 9.17) is 19.0 Å². The van der Waals surface area contributed by atoms with Gasteiger partial charge in [-0.25, -0.2) is 4.98 Å². The molecule has 30 heavy (non-hydrogen) atoms. The zero-order chi connectivity index (χ0) is 20.5. The van der Waals surface area contributed by atoms with E-state index in [9.17, 15) is 0 Å². The van der Waals surface area contributed by atoms with Gasteiger partial charge in [0.1, 0.15) is 17.0 Å². The summed E-state index contributed by atoms with van der Waals surface area (Å²) in [5, 5.41) is 6.06. The minimum Gasteiger partial charge on any atom is -0.437 e. The van der Waals surface area contributed by atoms with Gasteiger partial charge in [-0.15, -0.1) is 0 Å². The highest BCUT2D eigenvalue weighted by atomic mass is 16.5. The monoisotopic (exact) mass is 400 g/mol. The lowest BCUT2D eigenvalue weighted by atomic mass is 10.1. The van der Waals surface area contributed by atoms with Crippen molar-refractivity contribution in [2.24, 2.45) is 0 Å². The van der Waals surface area contributed by atoms with Gasteiger partial charge in [-0.3, -0.25) is 0 Å². The van der Waals surface area contributed by atoms with Crippen LogP contribution in [0.3, 0.4) is 0 Å². The summed E-state index contributed by atoms with van der Waals surface area (Å²) in [4.78, 5) is 12.7. The van der Waals surface area contributed by atoms with Crippen LogP contribution in [0.4, 0.5) is 0 Å². The number of hydrogen-bond donors (Lipinski definition) is 1. The van der Waals surface area contributed by atoms with E-state index in [0.717, 1.165) is 27.4 Å². The maximum atomic E-state index is 6.18. The fraction of sp³-hybridized carbons (Fsp3) is 0.174. The van der Waals surface area contributed by atoms with Crippen molar-refractivity contribution >= 4 is 21.8 Å². The SMILES string of the molecule is CCc1noc(-c2nc(Oc3ccccc3)c3[nH]c4ccccc4c3c2COC)n1. The van der Waals surface area contributed by atoms with Crippen molar-refractivity contribution in [1.82, 2.24) is 20.1 Å². The van der Waals surface area contributed by atoms with Crippen molar-refractivity contribution in [2.75, 3.05) is 7.11 Å². The molecule has 0 aliphatic carbocycles. The number of aromatic amines is 1. The molecule has 2 aromatic carbocycles. The van der Waals surface area contributed by atoms with Crippen LogP contribution < -0.4 is 4.74 Å². The van der Waals surface area contributed by atoms with Crippen LogP contribution >= 0.6 is 0 Å². The van der Waals surface area contributed by atoms with E-state index in [0.29, 0.717) is 42.1 Å². The van der Waals surface area contributed by atoms with E-state index < -0.39 is 0 Å². The van der Waals surface area contributed by atoms with Crippen molar-refractivity contribution in [3.8, 4) is 23.2 Å². The number of H-pyrrole nitrogens is 1. The summed E-state index contributed by atoms with van der Waals surface area (Å²) in [6, 6.07) is 17.6. The molecule has 0 saturated carbocycles. The Kier molecular flexibility index (Phi) is 4.65. The average molecular weight is 400 g/mol. The summed E-state index contributed by atoms with van der Waals surface area (Å²) >= 11 is 0. The Morgan fingerprint density at radius 2 is 1.80 bits per heavy atom. The molecule has 0 spiro atoms. The number of nitrogens with one attached hydrogen (secondary N) is 1. The van der Waals surface area contributed by atoms with Crippen LogP contribution in [0.15, 0.2) is 59.1 Å². The quantitative estimate of drug-likeness (QED) is 0.418. The number of hydrogen-bond acceptors (Lipinski definition) is 6. The normalized spacial score (nSPS) is 11.4. The lowest BCUT2D eigenvalue weighted by Gasteiger charge is -2.12. The van der Waals surface area contributed by atoms with Gasteiger partial charge in [0.05, 0.1) is 6.61 Å². The molecule has 5 rings (SSSR count). The van der Waals surface area contributed by atoms with Gasteiger partial charge < -0.3 is 19.0 Å². The molecule has 150 valence electrons. The van der Waals surface area contributed by atoms with Crippen molar-refractivity contribution in [3.63, 3.8) is 0 Å². The van der Waals surface area contributed by atoms with E-state index in [1.807, 2.05) is 55.5 Å². The van der Waals surface area contributed by atoms with Crippen LogP contribution in [0.2, 0.25) is 0 Å². The van der Waals surface area contributed by atoms with Gasteiger partial charge in [0, 0.05) is 35.4 Å². The molecule has 0 unspecified atom stereocenters. The van der Waals surface area contributed by atoms with Gasteiger partial charge in [0.15, 0.2) is 5.82 Å². The molecule has 0 aliphatic rings. The second-order valence-corrected chi connectivity index (χ2v) is 6.88. The van der Waals surface area contributed by atoms with Gasteiger partial charge in [0.2, 0.25) is 5.88 Å². The molecule has 0 amide bonds. The van der Waals surface area contributed by atoms with Crippen LogP contribution in [-0.4, -0.2) is 27.2 Å². The van der Waals surface area contributed by atoms with E-state index in [-0.39, 0.29) is 0 Å². The third-order valence-corrected chi connectivity index (χ3v) is 4.95. The number of para-hydroxylation sites is 2. The van der Waals surface area contributed by atoms with Gasteiger partial charge >= 0.3 is 0 Å². The van der Waals surface area contributed by atoms with Gasteiger partial charge in [-0.05, 0) is 18.2 Å². The first-order valence-electron chi connectivity index (χ1n) is 9.76. The first-order chi connectivity index (χ1) is 14.8. The van der Waals surface area contributed by atoms with Crippen LogP contribution in [0.5, 0.6) is 11.6 Å². The van der Waals surface area contributed by atoms with Crippen LogP contribution in [0, 0.1) is 0 Å². The average Bonchev–Trinajstić information content (AvgIpc) is 3.41. The molecular weight excluding hydrogens is 380 g/mol. The van der Waals surface area contributed by atoms with Gasteiger partial charge in [0.25, 0.3) is 5.89 Å². The molecule has 3 heterocycles. The predicted octanol–water partition coefficient (Wildman–Crippen LogP) is 5.27. The van der Waals surface area contributed by atoms with E-state index >= 15 is 0 Å². The Balaban J connectivity index is 1.82. The molecule has 3 aromatic heterocycles. The molecule has 0 bridgehead atoms. The van der Waals surface area contributed by atoms with Crippen LogP contribution in [-0.2, 0) is 17.8 Å². The molecule has 0 radical (unpaired) electrons. The highest BCUT2D eigenvalue weighted by molar-refractivity contribution is 6.11. The van der Waals surface area contributed by atoms with Crippen LogP contribution in [0.25, 0.3) is 33.4 Å². The summed E-state index contributed by atoms with van der Waals surface area (Å²) in [6.07, 6.45) is 0.672. The van der Waals surface area contributed by atoms with E-state index in [1.54, 1.807) is 7.11 Å². The minimum absolute atomic E-state index is 0.343. The lowest BCUT2D eigenvalue weighted by molar-refractivity contribution is 0.186. The lowest BCUT2D eigenvalue weighted by Crippen LogP contribution is -2.00.